The van der Waals surface area contributed by atoms with Crippen LogP contribution < -0.4 is 5.43 Å². The largest absolute Gasteiger partial charge is 0.272 e. The highest BCUT2D eigenvalue weighted by molar-refractivity contribution is 7.99. The summed E-state index contributed by atoms with van der Waals surface area (Å²) in [5.74, 6) is -0.172. The van der Waals surface area contributed by atoms with Gasteiger partial charge in [-0.25, -0.2) is 9.82 Å². The summed E-state index contributed by atoms with van der Waals surface area (Å²) >= 11 is 7.18. The van der Waals surface area contributed by atoms with E-state index in [1.54, 1.807) is 6.07 Å². The van der Waals surface area contributed by atoms with Crippen LogP contribution >= 0.6 is 23.4 Å². The van der Waals surface area contributed by atoms with E-state index in [0.717, 1.165) is 16.8 Å². The van der Waals surface area contributed by atoms with Crippen LogP contribution in [0.3, 0.4) is 0 Å². The van der Waals surface area contributed by atoms with Crippen LogP contribution in [0.25, 0.3) is 17.1 Å². The van der Waals surface area contributed by atoms with Crippen LogP contribution in [-0.2, 0) is 4.79 Å². The molecular formula is C24H19ClFN5OS. The van der Waals surface area contributed by atoms with E-state index in [-0.39, 0.29) is 22.2 Å². The Balaban J connectivity index is 1.51. The lowest BCUT2D eigenvalue weighted by molar-refractivity contribution is -0.118. The van der Waals surface area contributed by atoms with Gasteiger partial charge in [-0.05, 0) is 31.2 Å². The monoisotopic (exact) mass is 479 g/mol. The fourth-order valence-electron chi connectivity index (χ4n) is 3.03. The third-order valence-corrected chi connectivity index (χ3v) is 5.93. The van der Waals surface area contributed by atoms with E-state index in [1.807, 2.05) is 66.1 Å². The van der Waals surface area contributed by atoms with E-state index in [2.05, 4.69) is 20.7 Å². The normalized spacial score (nSPS) is 11.1. The van der Waals surface area contributed by atoms with Crippen LogP contribution in [0.1, 0.15) is 11.1 Å². The number of thioether (sulfide) groups is 1. The number of rotatable bonds is 7. The molecule has 0 unspecified atom stereocenters. The number of hydrogen-bond acceptors (Lipinski definition) is 5. The number of carbonyl (C=O) groups is 1. The van der Waals surface area contributed by atoms with Gasteiger partial charge in [-0.1, -0.05) is 77.5 Å². The third kappa shape index (κ3) is 5.47. The van der Waals surface area contributed by atoms with Gasteiger partial charge in [0.1, 0.15) is 5.82 Å². The first-order valence-corrected chi connectivity index (χ1v) is 11.4. The van der Waals surface area contributed by atoms with Crippen molar-refractivity contribution in [1.29, 1.82) is 0 Å². The second-order valence-corrected chi connectivity index (χ2v) is 8.41. The molecule has 0 bridgehead atoms. The number of aryl methyl sites for hydroxylation is 1. The molecule has 4 rings (SSSR count). The molecule has 0 spiro atoms. The van der Waals surface area contributed by atoms with Gasteiger partial charge in [-0.3, -0.25) is 9.36 Å². The predicted octanol–water partition coefficient (Wildman–Crippen LogP) is 5.28. The summed E-state index contributed by atoms with van der Waals surface area (Å²) in [5, 5.41) is 13.3. The van der Waals surface area contributed by atoms with Crippen molar-refractivity contribution in [2.24, 2.45) is 5.10 Å². The SMILES string of the molecule is Cc1ccc(-n2c(SCC(=O)N/N=C\c3c(F)cccc3Cl)nnc2-c2ccccc2)cc1. The highest BCUT2D eigenvalue weighted by Gasteiger charge is 2.17. The second-order valence-electron chi connectivity index (χ2n) is 7.06. The van der Waals surface area contributed by atoms with Crippen molar-refractivity contribution in [2.75, 3.05) is 5.75 Å². The van der Waals surface area contributed by atoms with E-state index in [4.69, 9.17) is 11.6 Å². The number of amides is 1. The van der Waals surface area contributed by atoms with Gasteiger partial charge >= 0.3 is 0 Å². The average molecular weight is 480 g/mol. The molecule has 3 aromatic carbocycles. The standard InChI is InChI=1S/C24H19ClFN5OS/c1-16-10-12-18(13-11-16)31-23(17-6-3-2-4-7-17)29-30-24(31)33-15-22(32)28-27-14-19-20(25)8-5-9-21(19)26/h2-14H,15H2,1H3,(H,28,32)/b27-14-. The molecule has 0 aliphatic heterocycles. The molecule has 6 nitrogen and oxygen atoms in total. The molecule has 1 aromatic heterocycles. The Hall–Kier alpha value is -3.49. The molecule has 0 saturated heterocycles. The van der Waals surface area contributed by atoms with E-state index < -0.39 is 5.82 Å². The van der Waals surface area contributed by atoms with Crippen molar-refractivity contribution < 1.29 is 9.18 Å². The van der Waals surface area contributed by atoms with Gasteiger partial charge in [0.25, 0.3) is 5.91 Å². The van der Waals surface area contributed by atoms with E-state index in [0.29, 0.717) is 11.0 Å². The number of hydrazone groups is 1. The van der Waals surface area contributed by atoms with Crippen LogP contribution in [0.5, 0.6) is 0 Å². The zero-order chi connectivity index (χ0) is 23.2. The zero-order valence-electron chi connectivity index (χ0n) is 17.6. The summed E-state index contributed by atoms with van der Waals surface area (Å²) in [6, 6.07) is 22.0. The Bertz CT molecular complexity index is 1270. The maximum absolute atomic E-state index is 13.8. The lowest BCUT2D eigenvalue weighted by Crippen LogP contribution is -2.20. The molecule has 0 radical (unpaired) electrons. The molecular weight excluding hydrogens is 461 g/mol. The molecule has 0 aliphatic carbocycles. The molecule has 1 amide bonds. The minimum absolute atomic E-state index is 0.0428. The fourth-order valence-corrected chi connectivity index (χ4v) is 3.99. The highest BCUT2D eigenvalue weighted by Crippen LogP contribution is 2.28. The fraction of sp³-hybridized carbons (Fsp3) is 0.0833. The molecule has 1 N–H and O–H groups in total. The number of halogens is 2. The molecule has 166 valence electrons. The van der Waals surface area contributed by atoms with Crippen molar-refractivity contribution in [2.45, 2.75) is 12.1 Å². The molecule has 9 heteroatoms. The smallest absolute Gasteiger partial charge is 0.250 e. The summed E-state index contributed by atoms with van der Waals surface area (Å²) in [6.45, 7) is 2.02. The average Bonchev–Trinajstić information content (AvgIpc) is 3.25. The van der Waals surface area contributed by atoms with E-state index in [9.17, 15) is 9.18 Å². The topological polar surface area (TPSA) is 72.2 Å². The van der Waals surface area contributed by atoms with Crippen molar-refractivity contribution in [3.05, 3.63) is 94.8 Å². The first kappa shape index (κ1) is 22.7. The van der Waals surface area contributed by atoms with E-state index >= 15 is 0 Å². The Morgan fingerprint density at radius 2 is 1.85 bits per heavy atom. The predicted molar refractivity (Wildman–Crippen MR) is 129 cm³/mol. The van der Waals surface area contributed by atoms with Crippen LogP contribution in [-0.4, -0.2) is 32.6 Å². The molecule has 4 aromatic rings. The maximum atomic E-state index is 13.8. The molecule has 0 saturated carbocycles. The first-order chi connectivity index (χ1) is 16.0. The quantitative estimate of drug-likeness (QED) is 0.222. The number of nitrogens with zero attached hydrogens (tertiary/aromatic N) is 4. The number of aromatic nitrogens is 3. The molecule has 0 atom stereocenters. The summed E-state index contributed by atoms with van der Waals surface area (Å²) in [4.78, 5) is 12.3. The Morgan fingerprint density at radius 3 is 2.58 bits per heavy atom. The lowest BCUT2D eigenvalue weighted by Gasteiger charge is -2.10. The molecule has 1 heterocycles. The van der Waals surface area contributed by atoms with Gasteiger partial charge in [0.05, 0.1) is 17.0 Å². The summed E-state index contributed by atoms with van der Waals surface area (Å²) in [6.07, 6.45) is 1.18. The number of carbonyl (C=O) groups excluding carboxylic acids is 1. The lowest BCUT2D eigenvalue weighted by atomic mass is 10.2. The summed E-state index contributed by atoms with van der Waals surface area (Å²) < 4.78 is 15.7. The molecule has 33 heavy (non-hydrogen) atoms. The van der Waals surface area contributed by atoms with Gasteiger partial charge in [-0.2, -0.15) is 5.10 Å². The van der Waals surface area contributed by atoms with Gasteiger partial charge in [0, 0.05) is 16.8 Å². The maximum Gasteiger partial charge on any atom is 0.250 e. The second kappa shape index (κ2) is 10.4. The van der Waals surface area contributed by atoms with Crippen LogP contribution in [0, 0.1) is 12.7 Å². The highest BCUT2D eigenvalue weighted by atomic mass is 35.5. The minimum atomic E-state index is -0.519. The zero-order valence-corrected chi connectivity index (χ0v) is 19.1. The molecule has 0 aliphatic rings. The minimum Gasteiger partial charge on any atom is -0.272 e. The van der Waals surface area contributed by atoms with Crippen molar-refractivity contribution >= 4 is 35.5 Å². The third-order valence-electron chi connectivity index (χ3n) is 4.67. The Kier molecular flexibility index (Phi) is 7.16. The summed E-state index contributed by atoms with van der Waals surface area (Å²) in [7, 11) is 0. The Morgan fingerprint density at radius 1 is 1.09 bits per heavy atom. The van der Waals surface area contributed by atoms with Gasteiger partial charge in [0.2, 0.25) is 0 Å². The Labute approximate surface area is 199 Å². The van der Waals surface area contributed by atoms with Crippen LogP contribution in [0.4, 0.5) is 4.39 Å². The van der Waals surface area contributed by atoms with Crippen LogP contribution in [0.2, 0.25) is 5.02 Å². The van der Waals surface area contributed by atoms with E-state index in [1.165, 1.54) is 30.1 Å². The van der Waals surface area contributed by atoms with Crippen molar-refractivity contribution in [3.63, 3.8) is 0 Å². The number of benzene rings is 3. The first-order valence-electron chi connectivity index (χ1n) is 9.99. The van der Waals surface area contributed by atoms with Gasteiger partial charge in [0.15, 0.2) is 11.0 Å². The summed E-state index contributed by atoms with van der Waals surface area (Å²) in [5.41, 5.74) is 5.43. The molecule has 0 fully saturated rings. The van der Waals surface area contributed by atoms with Crippen LogP contribution in [0.15, 0.2) is 83.1 Å². The van der Waals surface area contributed by atoms with Gasteiger partial charge in [-0.15, -0.1) is 10.2 Å². The van der Waals surface area contributed by atoms with Crippen molar-refractivity contribution in [1.82, 2.24) is 20.2 Å². The number of nitrogens with one attached hydrogen (secondary N) is 1. The van der Waals surface area contributed by atoms with Crippen molar-refractivity contribution in [3.8, 4) is 17.1 Å². The number of hydrogen-bond donors (Lipinski definition) is 1. The van der Waals surface area contributed by atoms with Gasteiger partial charge < -0.3 is 0 Å².